The van der Waals surface area contributed by atoms with Gasteiger partial charge >= 0.3 is 0 Å². The Morgan fingerprint density at radius 2 is 1.71 bits per heavy atom. The van der Waals surface area contributed by atoms with Gasteiger partial charge in [-0.2, -0.15) is 5.10 Å². The number of hydrogen-bond acceptors (Lipinski definition) is 11. The van der Waals surface area contributed by atoms with E-state index in [-0.39, 0.29) is 52.6 Å². The van der Waals surface area contributed by atoms with Gasteiger partial charge in [0.05, 0.1) is 45.5 Å². The van der Waals surface area contributed by atoms with Crippen molar-refractivity contribution in [2.24, 2.45) is 5.41 Å². The van der Waals surface area contributed by atoms with Gasteiger partial charge in [0.1, 0.15) is 18.0 Å². The number of amides is 3. The Morgan fingerprint density at radius 3 is 2.42 bits per heavy atom. The third-order valence-corrected chi connectivity index (χ3v) is 14.8. The zero-order valence-electron chi connectivity index (χ0n) is 40.0. The monoisotopic (exact) mass is 1000 g/mol. The minimum atomic E-state index is -0.770. The number of piperidine rings is 1. The number of nitrogens with zero attached hydrogens (tertiary/aromatic N) is 6. The van der Waals surface area contributed by atoms with Crippen molar-refractivity contribution in [3.63, 3.8) is 0 Å². The first kappa shape index (κ1) is 51.7. The molecule has 14 nitrogen and oxygen atoms in total. The van der Waals surface area contributed by atoms with Crippen LogP contribution >= 0.6 is 34.5 Å². The summed E-state index contributed by atoms with van der Waals surface area (Å²) >= 11 is 14.1. The number of thiazole rings is 1. The molecule has 7 rings (SSSR count). The number of nitrogens with one attached hydrogen (secondary N) is 2. The van der Waals surface area contributed by atoms with E-state index in [1.54, 1.807) is 41.6 Å². The van der Waals surface area contributed by atoms with Crippen LogP contribution in [-0.4, -0.2) is 96.7 Å². The minimum Gasteiger partial charge on any atom is -0.482 e. The average Bonchev–Trinajstić information content (AvgIpc) is 4.10. The summed E-state index contributed by atoms with van der Waals surface area (Å²) in [4.78, 5) is 54.0. The summed E-state index contributed by atoms with van der Waals surface area (Å²) in [7, 11) is 0. The molecule has 0 spiro atoms. The summed E-state index contributed by atoms with van der Waals surface area (Å²) in [5, 5.41) is 21.9. The standard InChI is InChI=1S/C51H64Cl2FN9O5S/c1-31-46(69-30-59-31)34-14-12-33(13-15-34)25-58-49(66)41-24-38(64)29-62(41)50(67)47(51(3,4)5)56-20-10-8-6-7-9-11-43(65)61-21-18-37(19-22-61)63-28-36(27-60-63)35-23-42(48(55)57-26-35)68-32(2)44-39(52)16-17-40(54)45(44)53/h12-17,23,26-28,30,32,37-38,41,47,56,64H,6-11,18-22,24-25,29H2,1-5H3,(H2,55,57)(H,58,66)/t32-,38-,41+,47-/m1/s1. The highest BCUT2D eigenvalue weighted by atomic mass is 35.5. The van der Waals surface area contributed by atoms with Crippen molar-refractivity contribution in [1.82, 2.24) is 40.2 Å². The Labute approximate surface area is 418 Å². The van der Waals surface area contributed by atoms with Gasteiger partial charge in [0.2, 0.25) is 17.7 Å². The van der Waals surface area contributed by atoms with Crippen LogP contribution in [0.4, 0.5) is 10.2 Å². The second-order valence-electron chi connectivity index (χ2n) is 19.3. The fourth-order valence-electron chi connectivity index (χ4n) is 9.17. The highest BCUT2D eigenvalue weighted by Crippen LogP contribution is 2.38. The molecule has 0 bridgehead atoms. The van der Waals surface area contributed by atoms with Crippen LogP contribution < -0.4 is 21.1 Å². The molecule has 3 amide bonds. The lowest BCUT2D eigenvalue weighted by Gasteiger charge is -2.35. The number of nitrogen functional groups attached to an aromatic ring is 1. The number of unbranched alkanes of at least 4 members (excludes halogenated alkanes) is 4. The lowest BCUT2D eigenvalue weighted by Crippen LogP contribution is -2.56. The number of nitrogens with two attached hydrogens (primary N) is 1. The molecular formula is C51H64Cl2FN9O5S. The number of aromatic nitrogens is 4. The van der Waals surface area contributed by atoms with Crippen LogP contribution in [0.5, 0.6) is 5.75 Å². The number of anilines is 1. The maximum atomic E-state index is 14.2. The zero-order valence-corrected chi connectivity index (χ0v) is 42.3. The summed E-state index contributed by atoms with van der Waals surface area (Å²) in [5.74, 6) is -0.390. The fourth-order valence-corrected chi connectivity index (χ4v) is 10.7. The van der Waals surface area contributed by atoms with E-state index in [2.05, 4.69) is 25.7 Å². The third kappa shape index (κ3) is 13.0. The number of likely N-dealkylation sites (tertiary alicyclic amines) is 2. The number of carbonyl (C=O) groups excluding carboxylic acids is 3. The van der Waals surface area contributed by atoms with E-state index in [1.807, 2.05) is 73.2 Å². The van der Waals surface area contributed by atoms with Crippen LogP contribution in [0.25, 0.3) is 21.6 Å². The Hall–Kier alpha value is -5.13. The van der Waals surface area contributed by atoms with E-state index in [0.717, 1.165) is 77.8 Å². The van der Waals surface area contributed by atoms with Crippen LogP contribution in [0.2, 0.25) is 10.0 Å². The number of aryl methyl sites for hydroxylation is 1. The molecule has 0 unspecified atom stereocenters. The molecule has 4 atom stereocenters. The van der Waals surface area contributed by atoms with E-state index in [9.17, 15) is 23.9 Å². The van der Waals surface area contributed by atoms with Crippen LogP contribution in [0.15, 0.2) is 66.6 Å². The number of β-amino-alcohol motifs (C(OH)–C–C–N with tert-alkyl or cyclic N) is 1. The van der Waals surface area contributed by atoms with Crippen molar-refractivity contribution >= 4 is 58.1 Å². The molecule has 5 N–H and O–H groups in total. The largest absolute Gasteiger partial charge is 0.482 e. The number of benzene rings is 2. The van der Waals surface area contributed by atoms with Gasteiger partial charge in [-0.25, -0.2) is 14.4 Å². The maximum Gasteiger partial charge on any atom is 0.243 e. The molecule has 2 aromatic carbocycles. The lowest BCUT2D eigenvalue weighted by atomic mass is 9.85. The average molecular weight is 1010 g/mol. The molecule has 2 saturated heterocycles. The number of aliphatic hydroxyl groups excluding tert-OH is 1. The zero-order chi connectivity index (χ0) is 49.4. The summed E-state index contributed by atoms with van der Waals surface area (Å²) in [6, 6.07) is 11.3. The number of halogens is 3. The normalized spacial score (nSPS) is 17.5. The van der Waals surface area contributed by atoms with Crippen molar-refractivity contribution in [3.8, 4) is 27.3 Å². The number of aliphatic hydroxyl groups is 1. The Kier molecular flexibility index (Phi) is 17.4. The second kappa shape index (κ2) is 23.2. The number of pyridine rings is 1. The second-order valence-corrected chi connectivity index (χ2v) is 20.9. The molecule has 69 heavy (non-hydrogen) atoms. The Bertz CT molecular complexity index is 2560. The predicted octanol–water partition coefficient (Wildman–Crippen LogP) is 9.33. The predicted molar refractivity (Wildman–Crippen MR) is 269 cm³/mol. The van der Waals surface area contributed by atoms with Gasteiger partial charge in [-0.15, -0.1) is 11.3 Å². The van der Waals surface area contributed by atoms with Gasteiger partial charge in [-0.05, 0) is 80.8 Å². The van der Waals surface area contributed by atoms with Crippen molar-refractivity contribution < 1.29 is 28.6 Å². The summed E-state index contributed by atoms with van der Waals surface area (Å²) in [6.07, 6.45) is 10.8. The van der Waals surface area contributed by atoms with E-state index < -0.39 is 35.5 Å². The molecule has 2 fully saturated rings. The van der Waals surface area contributed by atoms with E-state index >= 15 is 0 Å². The number of rotatable bonds is 19. The molecule has 2 aliphatic heterocycles. The van der Waals surface area contributed by atoms with Crippen molar-refractivity contribution in [3.05, 3.63) is 99.2 Å². The fraction of sp³-hybridized carbons (Fsp3) is 0.490. The van der Waals surface area contributed by atoms with Crippen molar-refractivity contribution in [2.45, 2.75) is 129 Å². The third-order valence-electron chi connectivity index (χ3n) is 13.1. The van der Waals surface area contributed by atoms with Crippen molar-refractivity contribution in [2.75, 3.05) is 31.9 Å². The van der Waals surface area contributed by atoms with Gasteiger partial charge in [0.25, 0.3) is 0 Å². The summed E-state index contributed by atoms with van der Waals surface area (Å²) < 4.78 is 22.2. The van der Waals surface area contributed by atoms with Gasteiger partial charge in [-0.3, -0.25) is 19.1 Å². The molecule has 370 valence electrons. The number of hydrogen-bond donors (Lipinski definition) is 4. The van der Waals surface area contributed by atoms with Crippen LogP contribution in [0, 0.1) is 18.2 Å². The highest BCUT2D eigenvalue weighted by molar-refractivity contribution is 7.13. The van der Waals surface area contributed by atoms with Crippen LogP contribution in [0.3, 0.4) is 0 Å². The maximum absolute atomic E-state index is 14.2. The van der Waals surface area contributed by atoms with Crippen LogP contribution in [-0.2, 0) is 20.9 Å². The minimum absolute atomic E-state index is 0.108. The van der Waals surface area contributed by atoms with Crippen LogP contribution in [0.1, 0.15) is 114 Å². The molecule has 18 heteroatoms. The number of carbonyl (C=O) groups is 3. The van der Waals surface area contributed by atoms with Gasteiger partial charge in [0.15, 0.2) is 11.6 Å². The topological polar surface area (TPSA) is 181 Å². The molecule has 5 aromatic rings. The first-order chi connectivity index (χ1) is 33.0. The smallest absolute Gasteiger partial charge is 0.243 e. The highest BCUT2D eigenvalue weighted by Gasteiger charge is 2.43. The van der Waals surface area contributed by atoms with E-state index in [4.69, 9.17) is 33.7 Å². The Balaban J connectivity index is 0.797. The van der Waals surface area contributed by atoms with Crippen molar-refractivity contribution in [1.29, 1.82) is 0 Å². The van der Waals surface area contributed by atoms with E-state index in [0.29, 0.717) is 43.9 Å². The SMILES string of the molecule is Cc1ncsc1-c1ccc(CNC(=O)[C@@H]2C[C@@H](O)CN2C(=O)[C@@H](NCCCCCCCC(=O)N2CCC(n3cc(-c4cnc(N)c(O[C@H](C)c5c(Cl)ccc(F)c5Cl)c4)cn3)CC2)C(C)(C)C)cc1. The quantitative estimate of drug-likeness (QED) is 0.0460. The van der Waals surface area contributed by atoms with E-state index in [1.165, 1.54) is 12.1 Å². The summed E-state index contributed by atoms with van der Waals surface area (Å²) in [5.41, 5.74) is 12.5. The van der Waals surface area contributed by atoms with Gasteiger partial charge in [-0.1, -0.05) is 87.5 Å². The first-order valence-corrected chi connectivity index (χ1v) is 25.5. The van der Waals surface area contributed by atoms with Gasteiger partial charge < -0.3 is 36.0 Å². The summed E-state index contributed by atoms with van der Waals surface area (Å²) in [6.45, 7) is 12.1. The number of ether oxygens (including phenoxy) is 1. The molecule has 5 heterocycles. The molecular weight excluding hydrogens is 941 g/mol. The molecule has 0 saturated carbocycles. The molecule has 0 radical (unpaired) electrons. The molecule has 2 aliphatic rings. The lowest BCUT2D eigenvalue weighted by molar-refractivity contribution is -0.142. The molecule has 0 aliphatic carbocycles. The first-order valence-electron chi connectivity index (χ1n) is 23.8. The van der Waals surface area contributed by atoms with Gasteiger partial charge in [0, 0.05) is 73.1 Å². The Morgan fingerprint density at radius 1 is 0.986 bits per heavy atom. The molecule has 3 aromatic heterocycles.